The minimum Gasteiger partial charge on any atom is -0.508 e. The van der Waals surface area contributed by atoms with Crippen LogP contribution in [0.2, 0.25) is 0 Å². The lowest BCUT2D eigenvalue weighted by Gasteiger charge is -2.08. The molecule has 0 spiro atoms. The van der Waals surface area contributed by atoms with Gasteiger partial charge in [0.25, 0.3) is 0 Å². The highest BCUT2D eigenvalue weighted by Crippen LogP contribution is 2.29. The molecular weight excluding hydrogens is 322 g/mol. The number of thioether (sulfide) groups is 1. The second kappa shape index (κ2) is 6.93. The van der Waals surface area contributed by atoms with Gasteiger partial charge < -0.3 is 10.2 Å². The summed E-state index contributed by atoms with van der Waals surface area (Å²) in [6.45, 7) is 3.73. The van der Waals surface area contributed by atoms with E-state index in [-0.39, 0.29) is 5.75 Å². The Morgan fingerprint density at radius 2 is 2.17 bits per heavy atom. The van der Waals surface area contributed by atoms with Gasteiger partial charge in [0.1, 0.15) is 5.75 Å². The van der Waals surface area contributed by atoms with Crippen molar-refractivity contribution in [3.8, 4) is 5.75 Å². The highest BCUT2D eigenvalue weighted by Gasteiger charge is 2.22. The fourth-order valence-corrected chi connectivity index (χ4v) is 3.55. The van der Waals surface area contributed by atoms with Gasteiger partial charge in [-0.2, -0.15) is 0 Å². The largest absolute Gasteiger partial charge is 0.508 e. The molecular formula is C19H17NO3S. The Morgan fingerprint density at radius 1 is 1.33 bits per heavy atom. The zero-order valence-corrected chi connectivity index (χ0v) is 13.8. The van der Waals surface area contributed by atoms with E-state index in [1.165, 1.54) is 11.8 Å². The molecule has 1 atom stereocenters. The summed E-state index contributed by atoms with van der Waals surface area (Å²) in [4.78, 5) is 15.1. The first kappa shape index (κ1) is 16.3. The number of hydrogen-bond donors (Lipinski definition) is 2. The fraction of sp³-hybridized carbons (Fsp3) is 0.158. The van der Waals surface area contributed by atoms with E-state index in [9.17, 15) is 9.90 Å². The quantitative estimate of drug-likeness (QED) is 0.811. The van der Waals surface area contributed by atoms with Crippen LogP contribution in [0.4, 0.5) is 0 Å². The molecule has 3 rings (SSSR count). The molecule has 122 valence electrons. The SMILES string of the molecule is C=CCc1c(O)ccc2cc(/C=C/C3=NC(C(=O)O)CS3)ccc12. The fourth-order valence-electron chi connectivity index (χ4n) is 2.64. The van der Waals surface area contributed by atoms with Gasteiger partial charge in [0.15, 0.2) is 6.04 Å². The number of fused-ring (bicyclic) bond motifs is 1. The summed E-state index contributed by atoms with van der Waals surface area (Å²) >= 11 is 1.45. The number of carboxylic acids is 1. The van der Waals surface area contributed by atoms with E-state index >= 15 is 0 Å². The van der Waals surface area contributed by atoms with Gasteiger partial charge in [0.05, 0.1) is 5.04 Å². The number of allylic oxidation sites excluding steroid dienone is 1. The van der Waals surface area contributed by atoms with Crippen LogP contribution in [0, 0.1) is 0 Å². The summed E-state index contributed by atoms with van der Waals surface area (Å²) in [7, 11) is 0. The zero-order chi connectivity index (χ0) is 17.1. The number of carboxylic acid groups (broad SMARTS) is 1. The van der Waals surface area contributed by atoms with Gasteiger partial charge in [0.2, 0.25) is 0 Å². The van der Waals surface area contributed by atoms with E-state index in [4.69, 9.17) is 5.11 Å². The average molecular weight is 339 g/mol. The molecule has 1 heterocycles. The molecule has 2 aromatic rings. The summed E-state index contributed by atoms with van der Waals surface area (Å²) in [5.74, 6) is -0.120. The molecule has 0 radical (unpaired) electrons. The highest BCUT2D eigenvalue weighted by molar-refractivity contribution is 8.14. The van der Waals surface area contributed by atoms with E-state index in [2.05, 4.69) is 11.6 Å². The molecule has 0 fully saturated rings. The van der Waals surface area contributed by atoms with Crippen LogP contribution in [-0.2, 0) is 11.2 Å². The maximum Gasteiger partial charge on any atom is 0.329 e. The van der Waals surface area contributed by atoms with Gasteiger partial charge in [-0.05, 0) is 41.0 Å². The molecule has 2 N–H and O–H groups in total. The number of phenols is 1. The molecule has 0 saturated heterocycles. The van der Waals surface area contributed by atoms with Crippen LogP contribution >= 0.6 is 11.8 Å². The number of hydrogen-bond acceptors (Lipinski definition) is 4. The Balaban J connectivity index is 1.88. The van der Waals surface area contributed by atoms with Gasteiger partial charge in [0, 0.05) is 11.3 Å². The predicted octanol–water partition coefficient (Wildman–Crippen LogP) is 3.89. The Bertz CT molecular complexity index is 870. The number of phenolic OH excluding ortho intramolecular Hbond substituents is 1. The van der Waals surface area contributed by atoms with Crippen LogP contribution < -0.4 is 0 Å². The third-order valence-electron chi connectivity index (χ3n) is 3.85. The lowest BCUT2D eigenvalue weighted by atomic mass is 9.99. The normalized spacial score (nSPS) is 17.3. The maximum atomic E-state index is 10.9. The highest BCUT2D eigenvalue weighted by atomic mass is 32.2. The summed E-state index contributed by atoms with van der Waals surface area (Å²) in [5.41, 5.74) is 1.87. The number of aromatic hydroxyl groups is 1. The van der Waals surface area contributed by atoms with Crippen molar-refractivity contribution in [3.63, 3.8) is 0 Å². The molecule has 1 aliphatic rings. The van der Waals surface area contributed by atoms with Crippen LogP contribution in [0.25, 0.3) is 16.8 Å². The Hall–Kier alpha value is -2.53. The summed E-state index contributed by atoms with van der Waals surface area (Å²) in [5, 5.41) is 21.7. The van der Waals surface area contributed by atoms with E-state index < -0.39 is 12.0 Å². The van der Waals surface area contributed by atoms with E-state index in [0.29, 0.717) is 12.2 Å². The first-order valence-electron chi connectivity index (χ1n) is 7.55. The molecule has 2 aromatic carbocycles. The number of benzene rings is 2. The topological polar surface area (TPSA) is 69.9 Å². The molecule has 5 heteroatoms. The van der Waals surface area contributed by atoms with Gasteiger partial charge in [-0.1, -0.05) is 30.4 Å². The van der Waals surface area contributed by atoms with Gasteiger partial charge in [-0.3, -0.25) is 4.99 Å². The minimum absolute atomic E-state index is 0.280. The molecule has 0 aliphatic carbocycles. The number of carbonyl (C=O) groups is 1. The van der Waals surface area contributed by atoms with Crippen molar-refractivity contribution in [1.82, 2.24) is 0 Å². The number of rotatable bonds is 5. The lowest BCUT2D eigenvalue weighted by molar-refractivity contribution is -0.137. The third kappa shape index (κ3) is 3.36. The second-order valence-corrected chi connectivity index (χ2v) is 6.54. The molecule has 0 saturated carbocycles. The molecule has 4 nitrogen and oxygen atoms in total. The standard InChI is InChI=1S/C19H17NO3S/c1-2-3-15-14-7-4-12(10-13(14)6-8-17(15)21)5-9-18-20-16(11-24-18)19(22)23/h2,4-10,16,21H,1,3,11H2,(H,22,23)/b9-5+. The second-order valence-electron chi connectivity index (χ2n) is 5.50. The van der Waals surface area contributed by atoms with Crippen LogP contribution in [0.1, 0.15) is 11.1 Å². The van der Waals surface area contributed by atoms with Crippen molar-refractivity contribution in [2.24, 2.45) is 4.99 Å². The van der Waals surface area contributed by atoms with Crippen molar-refractivity contribution in [3.05, 3.63) is 60.2 Å². The Labute approximate surface area is 144 Å². The van der Waals surface area contributed by atoms with E-state index in [1.807, 2.05) is 36.4 Å². The minimum atomic E-state index is -0.883. The monoisotopic (exact) mass is 339 g/mol. The van der Waals surface area contributed by atoms with Crippen molar-refractivity contribution >= 4 is 39.6 Å². The Kier molecular flexibility index (Phi) is 4.71. The third-order valence-corrected chi connectivity index (χ3v) is 4.87. The zero-order valence-electron chi connectivity index (χ0n) is 13.0. The molecule has 1 aliphatic heterocycles. The number of nitrogens with zero attached hydrogens (tertiary/aromatic N) is 1. The van der Waals surface area contributed by atoms with E-state index in [1.54, 1.807) is 12.1 Å². The van der Waals surface area contributed by atoms with Crippen LogP contribution in [0.3, 0.4) is 0 Å². The molecule has 1 unspecified atom stereocenters. The van der Waals surface area contributed by atoms with Crippen LogP contribution in [0.15, 0.2) is 54.1 Å². The van der Waals surface area contributed by atoms with Crippen molar-refractivity contribution in [2.75, 3.05) is 5.75 Å². The molecule has 0 amide bonds. The number of aliphatic imine (C=N–C) groups is 1. The van der Waals surface area contributed by atoms with Crippen LogP contribution in [0.5, 0.6) is 5.75 Å². The van der Waals surface area contributed by atoms with Crippen molar-refractivity contribution < 1.29 is 15.0 Å². The first-order valence-corrected chi connectivity index (χ1v) is 8.54. The Morgan fingerprint density at radius 3 is 2.88 bits per heavy atom. The lowest BCUT2D eigenvalue weighted by Crippen LogP contribution is -2.16. The summed E-state index contributed by atoms with van der Waals surface area (Å²) < 4.78 is 0. The predicted molar refractivity (Wildman–Crippen MR) is 99.9 cm³/mol. The smallest absolute Gasteiger partial charge is 0.329 e. The molecule has 0 bridgehead atoms. The molecule has 24 heavy (non-hydrogen) atoms. The first-order chi connectivity index (χ1) is 11.6. The maximum absolute atomic E-state index is 10.9. The van der Waals surface area contributed by atoms with Gasteiger partial charge in [-0.15, -0.1) is 18.3 Å². The molecule has 0 aromatic heterocycles. The van der Waals surface area contributed by atoms with Gasteiger partial charge in [-0.25, -0.2) is 4.79 Å². The van der Waals surface area contributed by atoms with Crippen molar-refractivity contribution in [2.45, 2.75) is 12.5 Å². The average Bonchev–Trinajstić information content (AvgIpc) is 3.05. The van der Waals surface area contributed by atoms with Crippen LogP contribution in [-0.4, -0.2) is 33.0 Å². The van der Waals surface area contributed by atoms with E-state index in [0.717, 1.165) is 26.9 Å². The summed E-state index contributed by atoms with van der Waals surface area (Å²) in [6, 6.07) is 8.93. The van der Waals surface area contributed by atoms with Gasteiger partial charge >= 0.3 is 5.97 Å². The summed E-state index contributed by atoms with van der Waals surface area (Å²) in [6.07, 6.45) is 6.16. The van der Waals surface area contributed by atoms with Crippen molar-refractivity contribution in [1.29, 1.82) is 0 Å². The number of aliphatic carboxylic acids is 1.